The predicted octanol–water partition coefficient (Wildman–Crippen LogP) is 2.94. The van der Waals surface area contributed by atoms with Crippen molar-refractivity contribution in [2.24, 2.45) is 0 Å². The molecule has 2 amide bonds. The molecule has 3 N–H and O–H groups in total. The molecule has 0 saturated carbocycles. The monoisotopic (exact) mass is 479 g/mol. The molecule has 4 rings (SSSR count). The quantitative estimate of drug-likeness (QED) is 0.228. The van der Waals surface area contributed by atoms with E-state index in [0.29, 0.717) is 25.1 Å². The van der Waals surface area contributed by atoms with Gasteiger partial charge in [0.2, 0.25) is 17.6 Å². The van der Waals surface area contributed by atoms with Crippen LogP contribution in [0.4, 0.5) is 22.0 Å². The van der Waals surface area contributed by atoms with Gasteiger partial charge in [0.1, 0.15) is 6.04 Å². The number of benzene rings is 2. The molecule has 1 unspecified atom stereocenters. The van der Waals surface area contributed by atoms with Gasteiger partial charge in [-0.25, -0.2) is 22.0 Å². The largest absolute Gasteiger partial charge is 0.394 e. The third kappa shape index (κ3) is 4.14. The Hall–Kier alpha value is -3.73. The Balaban J connectivity index is 1.46. The zero-order valence-electron chi connectivity index (χ0n) is 17.5. The molecule has 1 aliphatic rings. The molecule has 0 spiro atoms. The normalized spacial score (nSPS) is 14.5. The van der Waals surface area contributed by atoms with Crippen LogP contribution >= 0.6 is 0 Å². The lowest BCUT2D eigenvalue weighted by Gasteiger charge is -2.30. The highest BCUT2D eigenvalue weighted by Gasteiger charge is 2.29. The lowest BCUT2D eigenvalue weighted by atomic mass is 10.0. The molecule has 178 valence electrons. The Morgan fingerprint density at radius 2 is 1.71 bits per heavy atom. The lowest BCUT2D eigenvalue weighted by molar-refractivity contribution is -0.137. The third-order valence-corrected chi connectivity index (χ3v) is 5.64. The number of hydrogen-bond acceptors (Lipinski definition) is 3. The van der Waals surface area contributed by atoms with Gasteiger partial charge >= 0.3 is 0 Å². The fraction of sp³-hybridized carbons (Fsp3) is 0.217. The summed E-state index contributed by atoms with van der Waals surface area (Å²) in [5, 5.41) is 12.8. The maximum atomic E-state index is 13.7. The summed E-state index contributed by atoms with van der Waals surface area (Å²) in [5.41, 5.74) is 1.53. The summed E-state index contributed by atoms with van der Waals surface area (Å²) in [6, 6.07) is 6.29. The number of nitrogens with one attached hydrogen (secondary N) is 2. The van der Waals surface area contributed by atoms with Crippen LogP contribution in [0.1, 0.15) is 16.8 Å². The maximum absolute atomic E-state index is 13.7. The van der Waals surface area contributed by atoms with Crippen LogP contribution in [0, 0.1) is 29.1 Å². The number of nitrogens with zero attached hydrogens (tertiary/aromatic N) is 1. The van der Waals surface area contributed by atoms with Gasteiger partial charge < -0.3 is 20.3 Å². The first kappa shape index (κ1) is 23.4. The van der Waals surface area contributed by atoms with E-state index in [1.54, 1.807) is 0 Å². The van der Waals surface area contributed by atoms with E-state index in [9.17, 15) is 36.6 Å². The molecule has 2 aromatic carbocycles. The highest BCUT2D eigenvalue weighted by molar-refractivity contribution is 5.96. The highest BCUT2D eigenvalue weighted by atomic mass is 19.2. The number of para-hydroxylation sites is 1. The lowest BCUT2D eigenvalue weighted by Crippen LogP contribution is -2.51. The van der Waals surface area contributed by atoms with E-state index in [4.69, 9.17) is 0 Å². The number of carbonyl (C=O) groups excluding carboxylic acids is 2. The van der Waals surface area contributed by atoms with Crippen molar-refractivity contribution in [3.63, 3.8) is 0 Å². The summed E-state index contributed by atoms with van der Waals surface area (Å²) < 4.78 is 67.2. The second-order valence-electron chi connectivity index (χ2n) is 7.70. The average Bonchev–Trinajstić information content (AvgIpc) is 3.22. The van der Waals surface area contributed by atoms with Crippen LogP contribution in [-0.4, -0.2) is 46.0 Å². The molecular formula is C23H18F5N3O3. The van der Waals surface area contributed by atoms with Crippen molar-refractivity contribution in [3.05, 3.63) is 76.2 Å². The van der Waals surface area contributed by atoms with Crippen LogP contribution in [0.2, 0.25) is 0 Å². The number of fused-ring (bicyclic) bond motifs is 3. The van der Waals surface area contributed by atoms with Crippen LogP contribution in [0.3, 0.4) is 0 Å². The molecule has 0 aliphatic carbocycles. The van der Waals surface area contributed by atoms with E-state index in [-0.39, 0.29) is 6.54 Å². The highest BCUT2D eigenvalue weighted by Crippen LogP contribution is 2.28. The van der Waals surface area contributed by atoms with Crippen molar-refractivity contribution in [2.75, 3.05) is 13.2 Å². The summed E-state index contributed by atoms with van der Waals surface area (Å²) >= 11 is 0. The summed E-state index contributed by atoms with van der Waals surface area (Å²) in [7, 11) is 0. The van der Waals surface area contributed by atoms with Crippen molar-refractivity contribution in [1.29, 1.82) is 0 Å². The van der Waals surface area contributed by atoms with Crippen molar-refractivity contribution < 1.29 is 36.6 Å². The van der Waals surface area contributed by atoms with Gasteiger partial charge in [0.15, 0.2) is 23.3 Å². The number of aliphatic hydroxyl groups is 1. The van der Waals surface area contributed by atoms with Gasteiger partial charge in [-0.05, 0) is 24.1 Å². The van der Waals surface area contributed by atoms with Gasteiger partial charge in [0.25, 0.3) is 0 Å². The van der Waals surface area contributed by atoms with Crippen LogP contribution in [-0.2, 0) is 22.6 Å². The molecule has 1 atom stereocenters. The molecule has 0 bridgehead atoms. The average molecular weight is 479 g/mol. The van der Waals surface area contributed by atoms with Gasteiger partial charge in [0, 0.05) is 29.2 Å². The summed E-state index contributed by atoms with van der Waals surface area (Å²) in [6.07, 6.45) is 1.47. The number of aliphatic hydroxyl groups excluding tert-OH is 1. The topological polar surface area (TPSA) is 85.4 Å². The van der Waals surface area contributed by atoms with E-state index in [1.807, 2.05) is 24.3 Å². The Morgan fingerprint density at radius 3 is 2.38 bits per heavy atom. The van der Waals surface area contributed by atoms with E-state index in [0.717, 1.165) is 22.2 Å². The van der Waals surface area contributed by atoms with Crippen molar-refractivity contribution in [2.45, 2.75) is 19.0 Å². The molecule has 1 aliphatic heterocycles. The number of carbonyl (C=O) groups is 2. The van der Waals surface area contributed by atoms with Crippen molar-refractivity contribution in [3.8, 4) is 0 Å². The minimum atomic E-state index is -2.32. The molecular weight excluding hydrogens is 461 g/mol. The van der Waals surface area contributed by atoms with Crippen LogP contribution in [0.5, 0.6) is 0 Å². The zero-order chi connectivity index (χ0) is 24.6. The predicted molar refractivity (Wildman–Crippen MR) is 112 cm³/mol. The number of rotatable bonds is 5. The number of H-pyrrole nitrogens is 1. The summed E-state index contributed by atoms with van der Waals surface area (Å²) in [4.78, 5) is 29.7. The minimum absolute atomic E-state index is 0.218. The van der Waals surface area contributed by atoms with Gasteiger partial charge in [-0.1, -0.05) is 18.2 Å². The number of hydrogen-bond donors (Lipinski definition) is 3. The number of amides is 2. The second-order valence-corrected chi connectivity index (χ2v) is 7.70. The van der Waals surface area contributed by atoms with Gasteiger partial charge in [-0.15, -0.1) is 0 Å². The van der Waals surface area contributed by atoms with E-state index < -0.39 is 59.1 Å². The third-order valence-electron chi connectivity index (χ3n) is 5.64. The van der Waals surface area contributed by atoms with Crippen LogP contribution in [0.15, 0.2) is 30.3 Å². The fourth-order valence-electron chi connectivity index (χ4n) is 3.93. The van der Waals surface area contributed by atoms with Crippen molar-refractivity contribution >= 4 is 28.8 Å². The molecule has 11 heteroatoms. The van der Waals surface area contributed by atoms with E-state index in [2.05, 4.69) is 10.3 Å². The first-order valence-corrected chi connectivity index (χ1v) is 10.2. The Morgan fingerprint density at radius 1 is 1.06 bits per heavy atom. The van der Waals surface area contributed by atoms with Crippen LogP contribution < -0.4 is 5.32 Å². The summed E-state index contributed by atoms with van der Waals surface area (Å²) in [5.74, 6) is -12.5. The Labute approximate surface area is 189 Å². The van der Waals surface area contributed by atoms with Crippen LogP contribution in [0.25, 0.3) is 17.0 Å². The number of aromatic nitrogens is 1. The molecule has 34 heavy (non-hydrogen) atoms. The minimum Gasteiger partial charge on any atom is -0.394 e. The van der Waals surface area contributed by atoms with E-state index >= 15 is 0 Å². The molecule has 0 radical (unpaired) electrons. The first-order valence-electron chi connectivity index (χ1n) is 10.2. The van der Waals surface area contributed by atoms with Gasteiger partial charge in [-0.3, -0.25) is 9.59 Å². The molecule has 0 saturated heterocycles. The van der Waals surface area contributed by atoms with Gasteiger partial charge in [-0.2, -0.15) is 0 Å². The first-order chi connectivity index (χ1) is 16.2. The SMILES string of the molecule is O=C(C=Cc1c(F)c(F)c(F)c(F)c1F)NC(CO)C(=O)N1CCc2c([nH]c3ccccc23)C1. The smallest absolute Gasteiger partial charge is 0.247 e. The molecule has 1 aromatic heterocycles. The number of aromatic amines is 1. The zero-order valence-corrected chi connectivity index (χ0v) is 17.5. The second kappa shape index (κ2) is 9.26. The number of halogens is 5. The standard InChI is InChI=1S/C23H18F5N3O3/c24-18-13(19(25)21(27)22(28)20(18)26)5-6-17(33)30-16(10-32)23(34)31-8-7-12-11-3-1-2-4-14(11)29-15(12)9-31/h1-6,16,29,32H,7-10H2,(H,30,33). The van der Waals surface area contributed by atoms with Crippen molar-refractivity contribution in [1.82, 2.24) is 15.2 Å². The summed E-state index contributed by atoms with van der Waals surface area (Å²) in [6.45, 7) is -0.215. The maximum Gasteiger partial charge on any atom is 0.247 e. The van der Waals surface area contributed by atoms with Gasteiger partial charge in [0.05, 0.1) is 18.7 Å². The molecule has 0 fully saturated rings. The van der Waals surface area contributed by atoms with E-state index in [1.165, 1.54) is 4.90 Å². The Bertz CT molecular complexity index is 1290. The fourth-order valence-corrected chi connectivity index (χ4v) is 3.93. The molecule has 3 aromatic rings. The Kier molecular flexibility index (Phi) is 6.38. The molecule has 2 heterocycles. The molecule has 6 nitrogen and oxygen atoms in total.